The third-order valence-electron chi connectivity index (χ3n) is 5.68. The summed E-state index contributed by atoms with van der Waals surface area (Å²) >= 11 is 0. The fraction of sp³-hybridized carbons (Fsp3) is 1.00. The third-order valence-corrected chi connectivity index (χ3v) is 5.68. The zero-order valence-corrected chi connectivity index (χ0v) is 8.35. The Balaban J connectivity index is 2.15. The standard InChI is InChI=1S/C11H19N/c1-10(2)7-4-8-6-12-9(5-7)11(8,10)3/h7-9,12H,4-6H2,1-3H3. The van der Waals surface area contributed by atoms with Crippen LogP contribution in [0, 0.1) is 22.7 Å². The minimum absolute atomic E-state index is 0.603. The summed E-state index contributed by atoms with van der Waals surface area (Å²) in [6.45, 7) is 8.80. The van der Waals surface area contributed by atoms with Gasteiger partial charge in [-0.1, -0.05) is 20.8 Å². The molecule has 1 heteroatoms. The fourth-order valence-electron chi connectivity index (χ4n) is 4.38. The molecule has 0 aromatic rings. The van der Waals surface area contributed by atoms with Gasteiger partial charge in [0, 0.05) is 6.04 Å². The molecular weight excluding hydrogens is 146 g/mol. The Labute approximate surface area is 74.9 Å². The van der Waals surface area contributed by atoms with Crippen molar-refractivity contribution in [3.8, 4) is 0 Å². The molecule has 0 amide bonds. The van der Waals surface area contributed by atoms with Gasteiger partial charge in [0.05, 0.1) is 0 Å². The molecule has 1 saturated heterocycles. The van der Waals surface area contributed by atoms with Crippen LogP contribution < -0.4 is 5.32 Å². The highest BCUT2D eigenvalue weighted by Gasteiger charge is 2.68. The van der Waals surface area contributed by atoms with E-state index in [1.807, 2.05) is 0 Å². The van der Waals surface area contributed by atoms with Crippen LogP contribution in [0.1, 0.15) is 33.6 Å². The summed E-state index contributed by atoms with van der Waals surface area (Å²) in [7, 11) is 0. The average Bonchev–Trinajstić information content (AvgIpc) is 2.42. The van der Waals surface area contributed by atoms with E-state index in [4.69, 9.17) is 0 Å². The SMILES string of the molecule is CC1(C)C2CC3CNC(C2)C31C. The predicted octanol–water partition coefficient (Wildman–Crippen LogP) is 2.03. The zero-order valence-electron chi connectivity index (χ0n) is 8.35. The largest absolute Gasteiger partial charge is 0.313 e. The molecule has 2 saturated carbocycles. The van der Waals surface area contributed by atoms with Gasteiger partial charge >= 0.3 is 0 Å². The maximum Gasteiger partial charge on any atom is 0.0132 e. The Bertz CT molecular complexity index is 217. The average molecular weight is 165 g/mol. The Morgan fingerprint density at radius 1 is 1.08 bits per heavy atom. The molecule has 4 atom stereocenters. The minimum atomic E-state index is 0.603. The fourth-order valence-corrected chi connectivity index (χ4v) is 4.38. The van der Waals surface area contributed by atoms with Crippen LogP contribution in [-0.2, 0) is 0 Å². The quantitative estimate of drug-likeness (QED) is 0.579. The van der Waals surface area contributed by atoms with Crippen molar-refractivity contribution in [3.63, 3.8) is 0 Å². The van der Waals surface area contributed by atoms with Crippen LogP contribution in [0.3, 0.4) is 0 Å². The summed E-state index contributed by atoms with van der Waals surface area (Å²) in [5, 5.41) is 3.71. The van der Waals surface area contributed by atoms with E-state index in [-0.39, 0.29) is 0 Å². The molecule has 1 aliphatic heterocycles. The molecule has 0 radical (unpaired) electrons. The molecule has 4 unspecified atom stereocenters. The Morgan fingerprint density at radius 3 is 2.33 bits per heavy atom. The van der Waals surface area contributed by atoms with Crippen LogP contribution >= 0.6 is 0 Å². The lowest BCUT2D eigenvalue weighted by Crippen LogP contribution is -2.38. The summed E-state index contributed by atoms with van der Waals surface area (Å²) in [4.78, 5) is 0. The highest BCUT2D eigenvalue weighted by Crippen LogP contribution is 2.69. The van der Waals surface area contributed by atoms with Crippen LogP contribution in [0.25, 0.3) is 0 Å². The predicted molar refractivity (Wildman–Crippen MR) is 49.9 cm³/mol. The first-order chi connectivity index (χ1) is 5.57. The number of hydrogen-bond donors (Lipinski definition) is 1. The maximum absolute atomic E-state index is 3.71. The van der Waals surface area contributed by atoms with Crippen molar-refractivity contribution in [1.29, 1.82) is 0 Å². The van der Waals surface area contributed by atoms with Gasteiger partial charge in [0.1, 0.15) is 0 Å². The smallest absolute Gasteiger partial charge is 0.0132 e. The molecule has 3 rings (SSSR count). The van der Waals surface area contributed by atoms with Gasteiger partial charge in [-0.25, -0.2) is 0 Å². The van der Waals surface area contributed by atoms with Gasteiger partial charge in [0.2, 0.25) is 0 Å². The molecule has 1 nitrogen and oxygen atoms in total. The lowest BCUT2D eigenvalue weighted by Gasteiger charge is -2.37. The van der Waals surface area contributed by atoms with E-state index in [2.05, 4.69) is 26.1 Å². The van der Waals surface area contributed by atoms with Gasteiger partial charge in [-0.05, 0) is 42.1 Å². The highest BCUT2D eigenvalue weighted by atomic mass is 15.0. The summed E-state index contributed by atoms with van der Waals surface area (Å²) in [5.74, 6) is 1.99. The lowest BCUT2D eigenvalue weighted by atomic mass is 9.67. The van der Waals surface area contributed by atoms with Crippen molar-refractivity contribution < 1.29 is 0 Å². The van der Waals surface area contributed by atoms with E-state index < -0.39 is 0 Å². The van der Waals surface area contributed by atoms with Crippen molar-refractivity contribution in [2.45, 2.75) is 39.7 Å². The highest BCUT2D eigenvalue weighted by molar-refractivity contribution is 5.20. The first-order valence-corrected chi connectivity index (χ1v) is 5.30. The molecule has 2 aliphatic carbocycles. The topological polar surface area (TPSA) is 12.0 Å². The molecule has 3 aliphatic rings. The van der Waals surface area contributed by atoms with E-state index in [0.717, 1.165) is 17.9 Å². The molecule has 1 heterocycles. The van der Waals surface area contributed by atoms with Gasteiger partial charge < -0.3 is 5.32 Å². The van der Waals surface area contributed by atoms with Crippen molar-refractivity contribution >= 4 is 0 Å². The molecule has 0 aromatic carbocycles. The van der Waals surface area contributed by atoms with E-state index in [1.165, 1.54) is 19.4 Å². The Kier molecular flexibility index (Phi) is 1.07. The number of hydrogen-bond acceptors (Lipinski definition) is 1. The number of fused-ring (bicyclic) bond motifs is 1. The second-order valence-corrected chi connectivity index (χ2v) is 5.83. The molecule has 12 heavy (non-hydrogen) atoms. The zero-order chi connectivity index (χ0) is 8.56. The monoisotopic (exact) mass is 165 g/mol. The van der Waals surface area contributed by atoms with Crippen LogP contribution in [-0.4, -0.2) is 12.6 Å². The molecule has 68 valence electrons. The van der Waals surface area contributed by atoms with Crippen LogP contribution in [0.5, 0.6) is 0 Å². The van der Waals surface area contributed by atoms with Crippen molar-refractivity contribution in [1.82, 2.24) is 5.32 Å². The third kappa shape index (κ3) is 0.501. The summed E-state index contributed by atoms with van der Waals surface area (Å²) in [6.07, 6.45) is 2.94. The second-order valence-electron chi connectivity index (χ2n) is 5.83. The van der Waals surface area contributed by atoms with Gasteiger partial charge in [-0.2, -0.15) is 0 Å². The van der Waals surface area contributed by atoms with E-state index in [0.29, 0.717) is 10.8 Å². The van der Waals surface area contributed by atoms with Crippen LogP contribution in [0.4, 0.5) is 0 Å². The summed E-state index contributed by atoms with van der Waals surface area (Å²) in [5.41, 5.74) is 1.23. The molecule has 2 bridgehead atoms. The first kappa shape index (κ1) is 7.37. The summed E-state index contributed by atoms with van der Waals surface area (Å²) in [6, 6.07) is 0.844. The molecule has 1 N–H and O–H groups in total. The lowest BCUT2D eigenvalue weighted by molar-refractivity contribution is 0.120. The molecular formula is C11H19N. The Morgan fingerprint density at radius 2 is 1.83 bits per heavy atom. The maximum atomic E-state index is 3.71. The van der Waals surface area contributed by atoms with Crippen LogP contribution in [0.2, 0.25) is 0 Å². The number of rotatable bonds is 0. The molecule has 0 spiro atoms. The van der Waals surface area contributed by atoms with E-state index in [1.54, 1.807) is 0 Å². The van der Waals surface area contributed by atoms with Gasteiger partial charge in [0.25, 0.3) is 0 Å². The molecule has 0 aromatic heterocycles. The van der Waals surface area contributed by atoms with Crippen molar-refractivity contribution in [2.75, 3.05) is 6.54 Å². The summed E-state index contributed by atoms with van der Waals surface area (Å²) < 4.78 is 0. The second kappa shape index (κ2) is 1.75. The first-order valence-electron chi connectivity index (χ1n) is 5.30. The van der Waals surface area contributed by atoms with E-state index in [9.17, 15) is 0 Å². The molecule has 3 fully saturated rings. The van der Waals surface area contributed by atoms with Gasteiger partial charge in [-0.3, -0.25) is 0 Å². The number of nitrogens with one attached hydrogen (secondary N) is 1. The Hall–Kier alpha value is -0.0400. The van der Waals surface area contributed by atoms with Crippen molar-refractivity contribution in [2.24, 2.45) is 22.7 Å². The van der Waals surface area contributed by atoms with Gasteiger partial charge in [-0.15, -0.1) is 0 Å². The minimum Gasteiger partial charge on any atom is -0.313 e. The van der Waals surface area contributed by atoms with Crippen molar-refractivity contribution in [3.05, 3.63) is 0 Å². The van der Waals surface area contributed by atoms with Gasteiger partial charge in [0.15, 0.2) is 0 Å². The van der Waals surface area contributed by atoms with Crippen LogP contribution in [0.15, 0.2) is 0 Å². The normalized spacial score (nSPS) is 59.8. The van der Waals surface area contributed by atoms with E-state index >= 15 is 0 Å².